The van der Waals surface area contributed by atoms with E-state index in [1.54, 1.807) is 31.2 Å². The zero-order chi connectivity index (χ0) is 18.9. The first kappa shape index (κ1) is 18.3. The van der Waals surface area contributed by atoms with Gasteiger partial charge in [-0.05, 0) is 31.5 Å². The maximum absolute atomic E-state index is 13.1. The van der Waals surface area contributed by atoms with Crippen LogP contribution in [0.3, 0.4) is 0 Å². The Labute approximate surface area is 160 Å². The maximum Gasteiger partial charge on any atom is 0.327 e. The number of aryl methyl sites for hydroxylation is 1. The van der Waals surface area contributed by atoms with Crippen LogP contribution in [0, 0.1) is 29.6 Å². The predicted octanol–water partition coefficient (Wildman–Crippen LogP) is 4.43. The molecular formula is C21H18BrNO3. The first-order valence-corrected chi connectivity index (χ1v) is 9.19. The molecule has 26 heavy (non-hydrogen) atoms. The van der Waals surface area contributed by atoms with Crippen LogP contribution in [0.2, 0.25) is 0 Å². The molecule has 3 atom stereocenters. The number of nitrogens with zero attached hydrogens (tertiary/aromatic N) is 1. The Morgan fingerprint density at radius 2 is 1.77 bits per heavy atom. The van der Waals surface area contributed by atoms with E-state index in [0.717, 1.165) is 15.6 Å². The zero-order valence-corrected chi connectivity index (χ0v) is 16.1. The highest BCUT2D eigenvalue weighted by molar-refractivity contribution is 9.10. The van der Waals surface area contributed by atoms with Crippen LogP contribution in [0.1, 0.15) is 34.3 Å². The molecule has 0 heterocycles. The number of ketones is 1. The van der Waals surface area contributed by atoms with Crippen molar-refractivity contribution >= 4 is 27.7 Å². The Kier molecular flexibility index (Phi) is 4.97. The Morgan fingerprint density at radius 1 is 1.15 bits per heavy atom. The summed E-state index contributed by atoms with van der Waals surface area (Å²) in [5.74, 6) is -2.07. The molecule has 1 aliphatic carbocycles. The molecule has 3 unspecified atom stereocenters. The molecule has 0 N–H and O–H groups in total. The monoisotopic (exact) mass is 411 g/mol. The number of Topliss-reactive ketones (excluding diaryl/α,β-unsaturated/α-hetero) is 1. The summed E-state index contributed by atoms with van der Waals surface area (Å²) in [7, 11) is 0. The molecule has 0 aliphatic heterocycles. The Morgan fingerprint density at radius 3 is 2.31 bits per heavy atom. The Hall–Kier alpha value is -2.45. The maximum atomic E-state index is 13.1. The van der Waals surface area contributed by atoms with E-state index in [9.17, 15) is 14.9 Å². The number of hydrogen-bond donors (Lipinski definition) is 0. The lowest BCUT2D eigenvalue weighted by Crippen LogP contribution is -2.23. The molecule has 4 nitrogen and oxygen atoms in total. The van der Waals surface area contributed by atoms with Crippen molar-refractivity contribution in [3.8, 4) is 6.07 Å². The van der Waals surface area contributed by atoms with Gasteiger partial charge in [0, 0.05) is 16.0 Å². The lowest BCUT2D eigenvalue weighted by Gasteiger charge is -2.08. The largest absolute Gasteiger partial charge is 0.465 e. The molecule has 0 bridgehead atoms. The summed E-state index contributed by atoms with van der Waals surface area (Å²) < 4.78 is 6.01. The van der Waals surface area contributed by atoms with Gasteiger partial charge in [-0.1, -0.05) is 57.9 Å². The molecule has 3 rings (SSSR count). The fourth-order valence-corrected chi connectivity index (χ4v) is 3.72. The highest BCUT2D eigenvalue weighted by Gasteiger charge is 2.75. The van der Waals surface area contributed by atoms with Gasteiger partial charge in [-0.3, -0.25) is 9.59 Å². The number of benzene rings is 2. The highest BCUT2D eigenvalue weighted by atomic mass is 79.9. The molecule has 2 aromatic carbocycles. The van der Waals surface area contributed by atoms with Gasteiger partial charge in [-0.2, -0.15) is 5.26 Å². The Bertz CT molecular complexity index is 883. The van der Waals surface area contributed by atoms with E-state index in [4.69, 9.17) is 4.74 Å². The van der Waals surface area contributed by atoms with E-state index in [1.165, 1.54) is 0 Å². The average molecular weight is 412 g/mol. The number of carbonyl (C=O) groups is 2. The first-order chi connectivity index (χ1) is 12.5. The van der Waals surface area contributed by atoms with Gasteiger partial charge in [0.05, 0.1) is 18.6 Å². The number of halogens is 1. The van der Waals surface area contributed by atoms with Gasteiger partial charge in [-0.25, -0.2) is 0 Å². The summed E-state index contributed by atoms with van der Waals surface area (Å²) in [5.41, 5.74) is 0.899. The summed E-state index contributed by atoms with van der Waals surface area (Å²) in [6.07, 6.45) is 0. The molecule has 0 saturated heterocycles. The van der Waals surface area contributed by atoms with Crippen LogP contribution in [0.4, 0.5) is 0 Å². The van der Waals surface area contributed by atoms with Crippen molar-refractivity contribution in [3.05, 3.63) is 69.7 Å². The van der Waals surface area contributed by atoms with E-state index in [0.29, 0.717) is 5.56 Å². The van der Waals surface area contributed by atoms with Gasteiger partial charge in [0.1, 0.15) is 0 Å². The summed E-state index contributed by atoms with van der Waals surface area (Å²) in [4.78, 5) is 25.7. The summed E-state index contributed by atoms with van der Waals surface area (Å²) in [6.45, 7) is 3.82. The highest BCUT2D eigenvalue weighted by Crippen LogP contribution is 2.66. The SMILES string of the molecule is CCOC(=O)C1(C#N)C(C(=O)c2ccc(Br)cc2)C1c1ccc(C)cc1. The third-order valence-electron chi connectivity index (χ3n) is 4.85. The van der Waals surface area contributed by atoms with Gasteiger partial charge in [0.2, 0.25) is 0 Å². The first-order valence-electron chi connectivity index (χ1n) is 8.40. The van der Waals surface area contributed by atoms with Crippen LogP contribution in [0.5, 0.6) is 0 Å². The average Bonchev–Trinajstić information content (AvgIpc) is 3.33. The van der Waals surface area contributed by atoms with Crippen molar-refractivity contribution in [2.45, 2.75) is 19.8 Å². The second-order valence-electron chi connectivity index (χ2n) is 6.44. The second kappa shape index (κ2) is 7.05. The van der Waals surface area contributed by atoms with E-state index >= 15 is 0 Å². The molecule has 0 spiro atoms. The fraction of sp³-hybridized carbons (Fsp3) is 0.286. The van der Waals surface area contributed by atoms with Crippen molar-refractivity contribution in [1.82, 2.24) is 0 Å². The molecule has 1 saturated carbocycles. The molecular weight excluding hydrogens is 394 g/mol. The normalized spacial score (nSPS) is 23.8. The van der Waals surface area contributed by atoms with Crippen LogP contribution in [-0.4, -0.2) is 18.4 Å². The second-order valence-corrected chi connectivity index (χ2v) is 7.35. The molecule has 1 aliphatic rings. The van der Waals surface area contributed by atoms with Gasteiger partial charge < -0.3 is 4.74 Å². The quantitative estimate of drug-likeness (QED) is 0.539. The van der Waals surface area contributed by atoms with Crippen molar-refractivity contribution in [3.63, 3.8) is 0 Å². The van der Waals surface area contributed by atoms with Crippen LogP contribution in [0.15, 0.2) is 53.0 Å². The number of rotatable bonds is 5. The van der Waals surface area contributed by atoms with Crippen LogP contribution >= 0.6 is 15.9 Å². The standard InChI is InChI=1S/C21H18BrNO3/c1-3-26-20(25)21(12-23)17(14-6-4-13(2)5-7-14)18(21)19(24)15-8-10-16(22)11-9-15/h4-11,17-18H,3H2,1-2H3. The molecule has 0 amide bonds. The van der Waals surface area contributed by atoms with E-state index in [1.807, 2.05) is 31.2 Å². The lowest BCUT2D eigenvalue weighted by molar-refractivity contribution is -0.147. The number of ether oxygens (including phenoxy) is 1. The molecule has 5 heteroatoms. The van der Waals surface area contributed by atoms with Gasteiger partial charge >= 0.3 is 5.97 Å². The van der Waals surface area contributed by atoms with Crippen molar-refractivity contribution in [2.24, 2.45) is 11.3 Å². The minimum absolute atomic E-state index is 0.169. The van der Waals surface area contributed by atoms with E-state index < -0.39 is 23.2 Å². The van der Waals surface area contributed by atoms with Crippen molar-refractivity contribution < 1.29 is 14.3 Å². The van der Waals surface area contributed by atoms with E-state index in [2.05, 4.69) is 22.0 Å². The third-order valence-corrected chi connectivity index (χ3v) is 5.38. The number of nitriles is 1. The van der Waals surface area contributed by atoms with E-state index in [-0.39, 0.29) is 12.4 Å². The molecule has 0 radical (unpaired) electrons. The zero-order valence-electron chi connectivity index (χ0n) is 14.5. The van der Waals surface area contributed by atoms with Crippen LogP contribution < -0.4 is 0 Å². The van der Waals surface area contributed by atoms with Crippen LogP contribution in [-0.2, 0) is 9.53 Å². The predicted molar refractivity (Wildman–Crippen MR) is 101 cm³/mol. The van der Waals surface area contributed by atoms with Gasteiger partial charge in [0.25, 0.3) is 0 Å². The Balaban J connectivity index is 2.03. The third kappa shape index (κ3) is 2.95. The van der Waals surface area contributed by atoms with Gasteiger partial charge in [-0.15, -0.1) is 0 Å². The number of hydrogen-bond acceptors (Lipinski definition) is 4. The molecule has 0 aromatic heterocycles. The van der Waals surface area contributed by atoms with Crippen LogP contribution in [0.25, 0.3) is 0 Å². The minimum atomic E-state index is -1.46. The molecule has 132 valence electrons. The lowest BCUT2D eigenvalue weighted by atomic mass is 9.98. The number of carbonyl (C=O) groups excluding carboxylic acids is 2. The smallest absolute Gasteiger partial charge is 0.327 e. The summed E-state index contributed by atoms with van der Waals surface area (Å²) in [6, 6.07) is 16.6. The summed E-state index contributed by atoms with van der Waals surface area (Å²) in [5, 5.41) is 9.84. The fourth-order valence-electron chi connectivity index (χ4n) is 3.46. The van der Waals surface area contributed by atoms with Gasteiger partial charge in [0.15, 0.2) is 11.2 Å². The number of esters is 1. The summed E-state index contributed by atoms with van der Waals surface area (Å²) >= 11 is 3.34. The molecule has 1 fully saturated rings. The topological polar surface area (TPSA) is 67.2 Å². The minimum Gasteiger partial charge on any atom is -0.465 e. The van der Waals surface area contributed by atoms with Crippen molar-refractivity contribution in [2.75, 3.05) is 6.61 Å². The molecule has 2 aromatic rings. The van der Waals surface area contributed by atoms with Crippen molar-refractivity contribution in [1.29, 1.82) is 5.26 Å².